The molecule has 3 N–H and O–H groups in total. The normalized spacial score (nSPS) is 21.0. The van der Waals surface area contributed by atoms with Gasteiger partial charge in [0.15, 0.2) is 6.10 Å². The maximum Gasteiger partial charge on any atom is 0.332 e. The largest absolute Gasteiger partial charge is 0.479 e. The van der Waals surface area contributed by atoms with Gasteiger partial charge in [0.2, 0.25) is 0 Å². The minimum Gasteiger partial charge on any atom is -0.479 e. The number of urea groups is 1. The van der Waals surface area contributed by atoms with Crippen molar-refractivity contribution in [3.8, 4) is 0 Å². The quantitative estimate of drug-likeness (QED) is 0.649. The Hall–Kier alpha value is -1.06. The zero-order valence-electron chi connectivity index (χ0n) is 10.9. The van der Waals surface area contributed by atoms with Gasteiger partial charge >= 0.3 is 12.0 Å². The number of ether oxygens (including phenoxy) is 1. The summed E-state index contributed by atoms with van der Waals surface area (Å²) in [6.45, 7) is 0.262. The molecule has 1 aliphatic heterocycles. The highest BCUT2D eigenvalue weighted by Gasteiger charge is 2.30. The van der Waals surface area contributed by atoms with Crippen molar-refractivity contribution in [3.05, 3.63) is 26.8 Å². The smallest absolute Gasteiger partial charge is 0.332 e. The molecular formula is C13H14ClIN2O4. The molecule has 2 atom stereocenters. The van der Waals surface area contributed by atoms with E-state index in [4.69, 9.17) is 21.4 Å². The fourth-order valence-electron chi connectivity index (χ4n) is 2.00. The molecule has 114 valence electrons. The predicted octanol–water partition coefficient (Wildman–Crippen LogP) is 2.70. The average molecular weight is 425 g/mol. The molecule has 1 saturated heterocycles. The molecular weight excluding hydrogens is 411 g/mol. The van der Waals surface area contributed by atoms with Crippen LogP contribution in [0.15, 0.2) is 18.2 Å². The highest BCUT2D eigenvalue weighted by Crippen LogP contribution is 2.24. The fraction of sp³-hybridized carbons (Fsp3) is 0.385. The van der Waals surface area contributed by atoms with Crippen LogP contribution in [0.2, 0.25) is 5.02 Å². The molecule has 0 bridgehead atoms. The van der Waals surface area contributed by atoms with E-state index in [0.29, 0.717) is 23.6 Å². The number of anilines is 1. The van der Waals surface area contributed by atoms with Crippen LogP contribution in [0.5, 0.6) is 0 Å². The molecule has 21 heavy (non-hydrogen) atoms. The molecule has 1 aliphatic rings. The minimum absolute atomic E-state index is 0.262. The first-order valence-electron chi connectivity index (χ1n) is 6.34. The maximum absolute atomic E-state index is 11.8. The average Bonchev–Trinajstić information content (AvgIpc) is 2.89. The Kier molecular flexibility index (Phi) is 5.65. The van der Waals surface area contributed by atoms with Crippen LogP contribution in [-0.2, 0) is 9.53 Å². The summed E-state index contributed by atoms with van der Waals surface area (Å²) in [5.41, 5.74) is 0.519. The van der Waals surface area contributed by atoms with Gasteiger partial charge < -0.3 is 20.5 Å². The van der Waals surface area contributed by atoms with Crippen molar-refractivity contribution in [2.75, 3.05) is 11.9 Å². The second kappa shape index (κ2) is 7.28. The van der Waals surface area contributed by atoms with E-state index < -0.39 is 18.1 Å². The Morgan fingerprint density at radius 2 is 2.19 bits per heavy atom. The van der Waals surface area contributed by atoms with Crippen LogP contribution in [0.4, 0.5) is 10.5 Å². The van der Waals surface area contributed by atoms with Gasteiger partial charge in [-0.15, -0.1) is 0 Å². The number of carbonyl (C=O) groups excluding carboxylic acids is 1. The Morgan fingerprint density at radius 3 is 2.81 bits per heavy atom. The van der Waals surface area contributed by atoms with Crippen molar-refractivity contribution >= 4 is 51.9 Å². The van der Waals surface area contributed by atoms with Crippen LogP contribution in [-0.4, -0.2) is 35.9 Å². The first-order chi connectivity index (χ1) is 9.95. The summed E-state index contributed by atoms with van der Waals surface area (Å²) >= 11 is 8.15. The van der Waals surface area contributed by atoms with Gasteiger partial charge in [-0.2, -0.15) is 0 Å². The number of carboxylic acid groups (broad SMARTS) is 1. The molecule has 2 unspecified atom stereocenters. The van der Waals surface area contributed by atoms with Gasteiger partial charge in [-0.1, -0.05) is 11.6 Å². The first kappa shape index (κ1) is 16.3. The van der Waals surface area contributed by atoms with E-state index >= 15 is 0 Å². The highest BCUT2D eigenvalue weighted by molar-refractivity contribution is 14.1. The Bertz CT molecular complexity index is 555. The van der Waals surface area contributed by atoms with Crippen LogP contribution < -0.4 is 10.6 Å². The zero-order chi connectivity index (χ0) is 15.4. The van der Waals surface area contributed by atoms with Crippen LogP contribution in [0.3, 0.4) is 0 Å². The third kappa shape index (κ3) is 4.72. The molecule has 0 spiro atoms. The van der Waals surface area contributed by atoms with Crippen LogP contribution in [0.25, 0.3) is 0 Å². The molecule has 2 amide bonds. The summed E-state index contributed by atoms with van der Waals surface area (Å²) in [7, 11) is 0. The Labute approximate surface area is 140 Å². The topological polar surface area (TPSA) is 87.7 Å². The van der Waals surface area contributed by atoms with Gasteiger partial charge in [0.05, 0.1) is 16.8 Å². The summed E-state index contributed by atoms with van der Waals surface area (Å²) < 4.78 is 6.27. The van der Waals surface area contributed by atoms with Crippen molar-refractivity contribution in [1.29, 1.82) is 0 Å². The summed E-state index contributed by atoms with van der Waals surface area (Å²) in [5.74, 6) is -0.965. The lowest BCUT2D eigenvalue weighted by Crippen LogP contribution is -2.36. The lowest BCUT2D eigenvalue weighted by molar-refractivity contribution is -0.149. The lowest BCUT2D eigenvalue weighted by Gasteiger charge is -2.13. The van der Waals surface area contributed by atoms with Gasteiger partial charge in [0, 0.05) is 10.1 Å². The molecule has 6 nitrogen and oxygen atoms in total. The molecule has 1 aromatic carbocycles. The summed E-state index contributed by atoms with van der Waals surface area (Å²) in [4.78, 5) is 22.5. The number of aliphatic carboxylic acids is 1. The molecule has 2 rings (SSSR count). The zero-order valence-corrected chi connectivity index (χ0v) is 13.8. The summed E-state index contributed by atoms with van der Waals surface area (Å²) in [5, 5.41) is 14.6. The molecule has 1 fully saturated rings. The number of halogens is 2. The van der Waals surface area contributed by atoms with Gasteiger partial charge in [0.25, 0.3) is 0 Å². The first-order valence-corrected chi connectivity index (χ1v) is 7.79. The summed E-state index contributed by atoms with van der Waals surface area (Å²) in [6, 6.07) is 4.89. The van der Waals surface area contributed by atoms with Crippen LogP contribution in [0.1, 0.15) is 12.8 Å². The van der Waals surface area contributed by atoms with Crippen molar-refractivity contribution in [2.45, 2.75) is 25.0 Å². The Balaban J connectivity index is 1.79. The second-order valence-corrected chi connectivity index (χ2v) is 6.27. The van der Waals surface area contributed by atoms with Gasteiger partial charge in [-0.3, -0.25) is 0 Å². The number of nitrogens with one attached hydrogen (secondary N) is 2. The monoisotopic (exact) mass is 424 g/mol. The molecule has 1 aromatic rings. The van der Waals surface area contributed by atoms with E-state index in [0.717, 1.165) is 3.57 Å². The Morgan fingerprint density at radius 1 is 1.43 bits per heavy atom. The van der Waals surface area contributed by atoms with E-state index in [-0.39, 0.29) is 12.6 Å². The van der Waals surface area contributed by atoms with E-state index in [1.165, 1.54) is 0 Å². The fourth-order valence-corrected chi connectivity index (χ4v) is 2.90. The van der Waals surface area contributed by atoms with Gasteiger partial charge in [0.1, 0.15) is 0 Å². The van der Waals surface area contributed by atoms with Crippen molar-refractivity contribution < 1.29 is 19.4 Å². The molecule has 0 aromatic heterocycles. The predicted molar refractivity (Wildman–Crippen MR) is 86.7 cm³/mol. The minimum atomic E-state index is -0.965. The third-order valence-corrected chi connectivity index (χ3v) is 4.04. The lowest BCUT2D eigenvalue weighted by atomic mass is 10.2. The molecule has 0 saturated carbocycles. The van der Waals surface area contributed by atoms with E-state index in [9.17, 15) is 9.59 Å². The highest BCUT2D eigenvalue weighted by atomic mass is 127. The van der Waals surface area contributed by atoms with Crippen molar-refractivity contribution in [3.63, 3.8) is 0 Å². The number of hydrogen-bond acceptors (Lipinski definition) is 3. The molecule has 0 radical (unpaired) electrons. The number of rotatable bonds is 4. The molecule has 1 heterocycles. The third-order valence-electron chi connectivity index (χ3n) is 3.05. The van der Waals surface area contributed by atoms with Crippen molar-refractivity contribution in [2.24, 2.45) is 0 Å². The number of carbonyl (C=O) groups is 2. The SMILES string of the molecule is O=C(NCC1CCC(C(=O)O)O1)Nc1ccc(I)cc1Cl. The van der Waals surface area contributed by atoms with E-state index in [2.05, 4.69) is 33.2 Å². The summed E-state index contributed by atoms with van der Waals surface area (Å²) in [6.07, 6.45) is 0.0305. The number of carboxylic acids is 1. The number of amides is 2. The second-order valence-electron chi connectivity index (χ2n) is 4.62. The maximum atomic E-state index is 11.8. The number of benzene rings is 1. The van der Waals surface area contributed by atoms with E-state index in [1.807, 2.05) is 6.07 Å². The number of hydrogen-bond donors (Lipinski definition) is 3. The van der Waals surface area contributed by atoms with Crippen LogP contribution >= 0.6 is 34.2 Å². The molecule has 8 heteroatoms. The van der Waals surface area contributed by atoms with E-state index in [1.54, 1.807) is 12.1 Å². The van der Waals surface area contributed by atoms with Crippen molar-refractivity contribution in [1.82, 2.24) is 5.32 Å². The van der Waals surface area contributed by atoms with Crippen LogP contribution in [0, 0.1) is 3.57 Å². The van der Waals surface area contributed by atoms with Gasteiger partial charge in [-0.25, -0.2) is 9.59 Å². The molecule has 0 aliphatic carbocycles. The van der Waals surface area contributed by atoms with Gasteiger partial charge in [-0.05, 0) is 53.6 Å². The standard InChI is InChI=1S/C13H14ClIN2O4/c14-9-5-7(15)1-3-10(9)17-13(20)16-6-8-2-4-11(21-8)12(18)19/h1,3,5,8,11H,2,4,6H2,(H,18,19)(H2,16,17,20).